The third-order valence-corrected chi connectivity index (χ3v) is 3.70. The molecule has 3 rings (SSSR count). The second kappa shape index (κ2) is 5.29. The molecule has 5 nitrogen and oxygen atoms in total. The van der Waals surface area contributed by atoms with Crippen molar-refractivity contribution in [1.82, 2.24) is 9.97 Å². The molecule has 0 aliphatic heterocycles. The standard InChI is InChI=1S/C15H14BrN3O2/c1-20-12-4-3-8(5-13(12)21-2)15-18-11-7-9(16)6-10(17)14(11)19-15/h3-7H,17H2,1-2H3,(H,18,19). The van der Waals surface area contributed by atoms with Crippen molar-refractivity contribution < 1.29 is 9.47 Å². The Balaban J connectivity index is 2.14. The van der Waals surface area contributed by atoms with Crippen molar-refractivity contribution in [2.45, 2.75) is 0 Å². The first-order valence-electron chi connectivity index (χ1n) is 6.29. The Kier molecular flexibility index (Phi) is 3.47. The zero-order chi connectivity index (χ0) is 15.0. The number of hydrogen-bond acceptors (Lipinski definition) is 4. The van der Waals surface area contributed by atoms with Crippen LogP contribution in [0.1, 0.15) is 0 Å². The number of rotatable bonds is 3. The minimum absolute atomic E-state index is 0.627. The third kappa shape index (κ3) is 2.42. The Labute approximate surface area is 130 Å². The van der Waals surface area contributed by atoms with E-state index in [0.29, 0.717) is 17.2 Å². The zero-order valence-corrected chi connectivity index (χ0v) is 13.2. The van der Waals surface area contributed by atoms with Crippen molar-refractivity contribution in [2.24, 2.45) is 0 Å². The molecule has 0 aliphatic rings. The SMILES string of the molecule is COc1ccc(-c2nc3c(N)cc(Br)cc3[nH]2)cc1OC. The molecule has 0 saturated heterocycles. The number of nitrogen functional groups attached to an aromatic ring is 1. The van der Waals surface area contributed by atoms with E-state index in [1.54, 1.807) is 14.2 Å². The van der Waals surface area contributed by atoms with Crippen molar-refractivity contribution >= 4 is 32.7 Å². The monoisotopic (exact) mass is 347 g/mol. The topological polar surface area (TPSA) is 73.2 Å². The van der Waals surface area contributed by atoms with Crippen LogP contribution < -0.4 is 15.2 Å². The van der Waals surface area contributed by atoms with Crippen LogP contribution in [0.4, 0.5) is 5.69 Å². The number of nitrogens with one attached hydrogen (secondary N) is 1. The van der Waals surface area contributed by atoms with Gasteiger partial charge in [0.2, 0.25) is 0 Å². The second-order valence-electron chi connectivity index (χ2n) is 4.55. The van der Waals surface area contributed by atoms with Crippen molar-refractivity contribution in [3.05, 3.63) is 34.8 Å². The van der Waals surface area contributed by atoms with Crippen LogP contribution in [-0.4, -0.2) is 24.2 Å². The zero-order valence-electron chi connectivity index (χ0n) is 11.6. The van der Waals surface area contributed by atoms with Gasteiger partial charge in [0, 0.05) is 10.0 Å². The Morgan fingerprint density at radius 3 is 2.57 bits per heavy atom. The normalized spacial score (nSPS) is 10.8. The van der Waals surface area contributed by atoms with E-state index in [2.05, 4.69) is 25.9 Å². The largest absolute Gasteiger partial charge is 0.493 e. The van der Waals surface area contributed by atoms with E-state index in [4.69, 9.17) is 15.2 Å². The van der Waals surface area contributed by atoms with Gasteiger partial charge in [-0.25, -0.2) is 4.98 Å². The minimum atomic E-state index is 0.627. The molecule has 1 aromatic heterocycles. The molecule has 6 heteroatoms. The van der Waals surface area contributed by atoms with Crippen molar-refractivity contribution in [1.29, 1.82) is 0 Å². The van der Waals surface area contributed by atoms with Crippen molar-refractivity contribution in [3.8, 4) is 22.9 Å². The van der Waals surface area contributed by atoms with Crippen LogP contribution in [0, 0.1) is 0 Å². The lowest BCUT2D eigenvalue weighted by Crippen LogP contribution is -1.91. The van der Waals surface area contributed by atoms with Crippen LogP contribution >= 0.6 is 15.9 Å². The molecule has 1 heterocycles. The van der Waals surface area contributed by atoms with Gasteiger partial charge in [-0.1, -0.05) is 15.9 Å². The van der Waals surface area contributed by atoms with E-state index >= 15 is 0 Å². The van der Waals surface area contributed by atoms with Gasteiger partial charge < -0.3 is 20.2 Å². The summed E-state index contributed by atoms with van der Waals surface area (Å²) in [5.74, 6) is 2.07. The van der Waals surface area contributed by atoms with E-state index in [0.717, 1.165) is 26.9 Å². The fourth-order valence-corrected chi connectivity index (χ4v) is 2.70. The number of fused-ring (bicyclic) bond motifs is 1. The van der Waals surface area contributed by atoms with Gasteiger partial charge in [0.05, 0.1) is 25.4 Å². The number of benzene rings is 2. The lowest BCUT2D eigenvalue weighted by Gasteiger charge is -2.08. The first kappa shape index (κ1) is 13.8. The molecule has 0 bridgehead atoms. The van der Waals surface area contributed by atoms with Crippen molar-refractivity contribution in [2.75, 3.05) is 20.0 Å². The maximum Gasteiger partial charge on any atom is 0.161 e. The average molecular weight is 348 g/mol. The van der Waals surface area contributed by atoms with Crippen LogP contribution in [-0.2, 0) is 0 Å². The molecule has 0 spiro atoms. The summed E-state index contributed by atoms with van der Waals surface area (Å²) in [6.07, 6.45) is 0. The van der Waals surface area contributed by atoms with Crippen LogP contribution in [0.3, 0.4) is 0 Å². The van der Waals surface area contributed by atoms with Crippen LogP contribution in [0.25, 0.3) is 22.4 Å². The Morgan fingerprint density at radius 2 is 1.86 bits per heavy atom. The lowest BCUT2D eigenvalue weighted by molar-refractivity contribution is 0.355. The highest BCUT2D eigenvalue weighted by atomic mass is 79.9. The molecule has 3 aromatic rings. The van der Waals surface area contributed by atoms with Gasteiger partial charge in [0.15, 0.2) is 11.5 Å². The predicted molar refractivity (Wildman–Crippen MR) is 86.7 cm³/mol. The van der Waals surface area contributed by atoms with Crippen molar-refractivity contribution in [3.63, 3.8) is 0 Å². The van der Waals surface area contributed by atoms with Gasteiger partial charge in [-0.2, -0.15) is 0 Å². The number of imidazole rings is 1. The highest BCUT2D eigenvalue weighted by Crippen LogP contribution is 2.33. The quantitative estimate of drug-likeness (QED) is 0.710. The summed E-state index contributed by atoms with van der Waals surface area (Å²) in [6, 6.07) is 9.43. The molecule has 108 valence electrons. The Morgan fingerprint density at radius 1 is 1.10 bits per heavy atom. The van der Waals surface area contributed by atoms with E-state index in [9.17, 15) is 0 Å². The summed E-state index contributed by atoms with van der Waals surface area (Å²) in [5, 5.41) is 0. The Bertz CT molecular complexity index is 814. The molecular weight excluding hydrogens is 334 g/mol. The molecule has 21 heavy (non-hydrogen) atoms. The van der Waals surface area contributed by atoms with Gasteiger partial charge in [0.25, 0.3) is 0 Å². The number of halogens is 1. The molecule has 0 fully saturated rings. The molecule has 0 radical (unpaired) electrons. The van der Waals surface area contributed by atoms with Gasteiger partial charge in [0.1, 0.15) is 11.3 Å². The van der Waals surface area contributed by atoms with Crippen LogP contribution in [0.2, 0.25) is 0 Å². The van der Waals surface area contributed by atoms with Gasteiger partial charge in [-0.15, -0.1) is 0 Å². The number of nitrogens with zero attached hydrogens (tertiary/aromatic N) is 1. The fourth-order valence-electron chi connectivity index (χ4n) is 2.23. The third-order valence-electron chi connectivity index (χ3n) is 3.24. The minimum Gasteiger partial charge on any atom is -0.493 e. The molecule has 0 atom stereocenters. The molecule has 3 N–H and O–H groups in total. The maximum atomic E-state index is 5.99. The number of aromatic amines is 1. The number of ether oxygens (including phenoxy) is 2. The van der Waals surface area contributed by atoms with E-state index < -0.39 is 0 Å². The van der Waals surface area contributed by atoms with E-state index in [1.165, 1.54) is 0 Å². The molecular formula is C15H14BrN3O2. The summed E-state index contributed by atoms with van der Waals surface area (Å²) in [5.41, 5.74) is 9.16. The summed E-state index contributed by atoms with van der Waals surface area (Å²) in [6.45, 7) is 0. The summed E-state index contributed by atoms with van der Waals surface area (Å²) in [4.78, 5) is 7.82. The van der Waals surface area contributed by atoms with Gasteiger partial charge in [-0.3, -0.25) is 0 Å². The predicted octanol–water partition coefficient (Wildman–Crippen LogP) is 3.59. The lowest BCUT2D eigenvalue weighted by atomic mass is 10.2. The summed E-state index contributed by atoms with van der Waals surface area (Å²) < 4.78 is 11.5. The van der Waals surface area contributed by atoms with E-state index in [-0.39, 0.29) is 0 Å². The first-order valence-corrected chi connectivity index (χ1v) is 7.09. The first-order chi connectivity index (χ1) is 10.1. The highest BCUT2D eigenvalue weighted by molar-refractivity contribution is 9.10. The smallest absolute Gasteiger partial charge is 0.161 e. The number of H-pyrrole nitrogens is 1. The summed E-state index contributed by atoms with van der Waals surface area (Å²) in [7, 11) is 3.21. The number of hydrogen-bond donors (Lipinski definition) is 2. The van der Waals surface area contributed by atoms with Crippen LogP contribution in [0.5, 0.6) is 11.5 Å². The number of aromatic nitrogens is 2. The number of nitrogens with two attached hydrogens (primary N) is 1. The second-order valence-corrected chi connectivity index (χ2v) is 5.46. The number of methoxy groups -OCH3 is 2. The van der Waals surface area contributed by atoms with Crippen LogP contribution in [0.15, 0.2) is 34.8 Å². The maximum absolute atomic E-state index is 5.99. The van der Waals surface area contributed by atoms with Gasteiger partial charge in [-0.05, 0) is 30.3 Å². The summed E-state index contributed by atoms with van der Waals surface area (Å²) >= 11 is 3.43. The molecule has 0 saturated carbocycles. The molecule has 0 amide bonds. The number of anilines is 1. The Hall–Kier alpha value is -2.21. The average Bonchev–Trinajstić information content (AvgIpc) is 2.90. The van der Waals surface area contributed by atoms with E-state index in [1.807, 2.05) is 30.3 Å². The molecule has 0 unspecified atom stereocenters. The molecule has 0 aliphatic carbocycles. The molecule has 2 aromatic carbocycles. The van der Waals surface area contributed by atoms with Gasteiger partial charge >= 0.3 is 0 Å². The highest BCUT2D eigenvalue weighted by Gasteiger charge is 2.11. The fraction of sp³-hybridized carbons (Fsp3) is 0.133.